The van der Waals surface area contributed by atoms with Gasteiger partial charge in [0.15, 0.2) is 0 Å². The van der Waals surface area contributed by atoms with Crippen LogP contribution in [0.2, 0.25) is 0 Å². The Bertz CT molecular complexity index is 1200. The van der Waals surface area contributed by atoms with Gasteiger partial charge in [0.2, 0.25) is 0 Å². The second kappa shape index (κ2) is 8.13. The third kappa shape index (κ3) is 4.39. The monoisotopic (exact) mass is 440 g/mol. The van der Waals surface area contributed by atoms with Crippen LogP contribution in [-0.4, -0.2) is 37.9 Å². The number of aromatic nitrogens is 3. The Morgan fingerprint density at radius 1 is 1.06 bits per heavy atom. The van der Waals surface area contributed by atoms with Crippen molar-refractivity contribution in [3.8, 4) is 34.2 Å². The summed E-state index contributed by atoms with van der Waals surface area (Å²) in [6.45, 7) is 5.57. The van der Waals surface area contributed by atoms with Crippen LogP contribution in [0.1, 0.15) is 45.2 Å². The second-order valence-corrected chi connectivity index (χ2v) is 9.98. The number of aromatic hydroxyl groups is 1. The zero-order chi connectivity index (χ0) is 23.1. The van der Waals surface area contributed by atoms with Crippen molar-refractivity contribution in [3.63, 3.8) is 0 Å². The normalized spacial score (nSPS) is 26.0. The van der Waals surface area contributed by atoms with Crippen LogP contribution < -0.4 is 10.6 Å². The summed E-state index contributed by atoms with van der Waals surface area (Å²) >= 11 is 0. The number of nitriles is 1. The second-order valence-electron chi connectivity index (χ2n) is 9.98. The number of phenolic OH excluding ortho intramolecular Hbond substituents is 1. The van der Waals surface area contributed by atoms with Crippen LogP contribution >= 0.6 is 0 Å². The molecule has 4 heterocycles. The van der Waals surface area contributed by atoms with Crippen LogP contribution in [0.3, 0.4) is 0 Å². The van der Waals surface area contributed by atoms with Gasteiger partial charge < -0.3 is 15.7 Å². The van der Waals surface area contributed by atoms with E-state index < -0.39 is 0 Å². The minimum atomic E-state index is 0.115. The Hall–Kier alpha value is -3.50. The molecule has 2 fully saturated rings. The Labute approximate surface area is 193 Å². The van der Waals surface area contributed by atoms with Gasteiger partial charge in [0.25, 0.3) is 0 Å². The molecule has 168 valence electrons. The van der Waals surface area contributed by atoms with Gasteiger partial charge in [-0.1, -0.05) is 6.07 Å². The average molecular weight is 441 g/mol. The van der Waals surface area contributed by atoms with Gasteiger partial charge in [-0.3, -0.25) is 0 Å². The van der Waals surface area contributed by atoms with E-state index >= 15 is 0 Å². The first-order valence-electron chi connectivity index (χ1n) is 11.4. The third-order valence-electron chi connectivity index (χ3n) is 7.03. The van der Waals surface area contributed by atoms with Gasteiger partial charge in [-0.25, -0.2) is 4.98 Å². The van der Waals surface area contributed by atoms with Crippen molar-refractivity contribution in [2.75, 3.05) is 11.9 Å². The number of piperidine rings is 1. The lowest BCUT2D eigenvalue weighted by molar-refractivity contribution is 0.178. The van der Waals surface area contributed by atoms with Crippen molar-refractivity contribution < 1.29 is 5.11 Å². The number of rotatable bonds is 5. The van der Waals surface area contributed by atoms with E-state index in [1.807, 2.05) is 36.4 Å². The smallest absolute Gasteiger partial charge is 0.148 e. The molecule has 5 rings (SSSR count). The van der Waals surface area contributed by atoms with Crippen LogP contribution in [0.5, 0.6) is 5.75 Å². The lowest BCUT2D eigenvalue weighted by Gasteiger charge is -2.42. The molecule has 0 spiro atoms. The predicted molar refractivity (Wildman–Crippen MR) is 127 cm³/mol. The zero-order valence-corrected chi connectivity index (χ0v) is 19.0. The molecule has 7 heteroatoms. The highest BCUT2D eigenvalue weighted by atomic mass is 16.3. The van der Waals surface area contributed by atoms with E-state index in [9.17, 15) is 5.11 Å². The van der Waals surface area contributed by atoms with Crippen LogP contribution in [0, 0.1) is 17.2 Å². The van der Waals surface area contributed by atoms with Gasteiger partial charge in [-0.15, -0.1) is 10.2 Å². The molecule has 3 aromatic rings. The molecule has 0 amide bonds. The third-order valence-corrected chi connectivity index (χ3v) is 7.03. The highest BCUT2D eigenvalue weighted by Gasteiger charge is 2.48. The van der Waals surface area contributed by atoms with E-state index in [1.54, 1.807) is 18.3 Å². The molecule has 2 bridgehead atoms. The zero-order valence-electron chi connectivity index (χ0n) is 19.0. The average Bonchev–Trinajstić information content (AvgIpc) is 3.05. The standard InChI is InChI=1S/C26H28N6O/c1-25-8-9-26(2,32-25)14-17(13-25)16-29-24-6-5-22(30-31-24)21-4-3-18(12-23(21)33)19-7-10-28-20(11-19)15-27/h3-7,10-12,17,32-33H,8-9,13-14,16H2,1-2H3,(H,29,31). The van der Waals surface area contributed by atoms with Crippen LogP contribution in [0.15, 0.2) is 48.7 Å². The summed E-state index contributed by atoms with van der Waals surface area (Å²) in [4.78, 5) is 3.99. The molecular formula is C26H28N6O. The van der Waals surface area contributed by atoms with Gasteiger partial charge >= 0.3 is 0 Å². The number of fused-ring (bicyclic) bond motifs is 2. The highest BCUT2D eigenvalue weighted by molar-refractivity contribution is 5.74. The molecule has 33 heavy (non-hydrogen) atoms. The van der Waals surface area contributed by atoms with Crippen LogP contribution in [0.4, 0.5) is 5.82 Å². The fourth-order valence-electron chi connectivity index (χ4n) is 5.62. The van der Waals surface area contributed by atoms with Crippen molar-refractivity contribution >= 4 is 5.82 Å². The number of nitrogens with zero attached hydrogens (tertiary/aromatic N) is 4. The topological polar surface area (TPSA) is 107 Å². The first-order valence-corrected chi connectivity index (χ1v) is 11.4. The van der Waals surface area contributed by atoms with Crippen molar-refractivity contribution in [1.82, 2.24) is 20.5 Å². The van der Waals surface area contributed by atoms with Crippen molar-refractivity contribution in [3.05, 3.63) is 54.4 Å². The molecule has 1 aromatic carbocycles. The van der Waals surface area contributed by atoms with Gasteiger partial charge in [0.1, 0.15) is 23.3 Å². The van der Waals surface area contributed by atoms with E-state index in [0.717, 1.165) is 23.5 Å². The minimum Gasteiger partial charge on any atom is -0.507 e. The van der Waals surface area contributed by atoms with Crippen LogP contribution in [-0.2, 0) is 0 Å². The summed E-state index contributed by atoms with van der Waals surface area (Å²) < 4.78 is 0. The molecule has 2 aliphatic heterocycles. The summed E-state index contributed by atoms with van der Waals surface area (Å²) in [6.07, 6.45) is 6.43. The molecule has 7 nitrogen and oxygen atoms in total. The molecule has 0 radical (unpaired) electrons. The van der Waals surface area contributed by atoms with E-state index in [0.29, 0.717) is 22.9 Å². The Morgan fingerprint density at radius 2 is 1.82 bits per heavy atom. The molecular weight excluding hydrogens is 412 g/mol. The molecule has 3 N–H and O–H groups in total. The van der Waals surface area contributed by atoms with E-state index in [4.69, 9.17) is 5.26 Å². The highest BCUT2D eigenvalue weighted by Crippen LogP contribution is 2.44. The lowest BCUT2D eigenvalue weighted by atomic mass is 9.80. The fourth-order valence-corrected chi connectivity index (χ4v) is 5.62. The summed E-state index contributed by atoms with van der Waals surface area (Å²) in [5.74, 6) is 1.47. The van der Waals surface area contributed by atoms with E-state index in [2.05, 4.69) is 39.7 Å². The molecule has 2 unspecified atom stereocenters. The SMILES string of the molecule is CC12CCC(C)(CC(CNc3ccc(-c4ccc(-c5ccnc(C#N)c5)cc4O)nn3)C1)N2. The summed E-state index contributed by atoms with van der Waals surface area (Å²) in [5.41, 5.74) is 3.70. The number of benzene rings is 1. The molecule has 0 saturated carbocycles. The van der Waals surface area contributed by atoms with E-state index in [-0.39, 0.29) is 16.8 Å². The molecule has 2 aromatic heterocycles. The van der Waals surface area contributed by atoms with E-state index in [1.165, 1.54) is 25.7 Å². The number of hydrogen-bond donors (Lipinski definition) is 3. The van der Waals surface area contributed by atoms with Crippen molar-refractivity contribution in [1.29, 1.82) is 5.26 Å². The Morgan fingerprint density at radius 3 is 2.48 bits per heavy atom. The van der Waals surface area contributed by atoms with Crippen molar-refractivity contribution in [2.24, 2.45) is 5.92 Å². The van der Waals surface area contributed by atoms with Gasteiger partial charge in [0.05, 0.1) is 5.69 Å². The van der Waals surface area contributed by atoms with Crippen molar-refractivity contribution in [2.45, 2.75) is 50.6 Å². The summed E-state index contributed by atoms with van der Waals surface area (Å²) in [7, 11) is 0. The maximum absolute atomic E-state index is 10.6. The van der Waals surface area contributed by atoms with Gasteiger partial charge in [-0.05, 0) is 93.0 Å². The number of nitrogens with one attached hydrogen (secondary N) is 2. The minimum absolute atomic E-state index is 0.115. The molecule has 0 aliphatic carbocycles. The van der Waals surface area contributed by atoms with Crippen LogP contribution in [0.25, 0.3) is 22.4 Å². The van der Waals surface area contributed by atoms with Gasteiger partial charge in [0, 0.05) is 29.4 Å². The largest absolute Gasteiger partial charge is 0.507 e. The maximum atomic E-state index is 10.6. The Kier molecular flexibility index (Phi) is 5.26. The first-order chi connectivity index (χ1) is 15.8. The number of pyridine rings is 1. The quantitative estimate of drug-likeness (QED) is 0.536. The Balaban J connectivity index is 1.26. The maximum Gasteiger partial charge on any atom is 0.148 e. The molecule has 2 atom stereocenters. The first kappa shape index (κ1) is 21.4. The molecule has 2 saturated heterocycles. The number of hydrogen-bond acceptors (Lipinski definition) is 7. The van der Waals surface area contributed by atoms with Gasteiger partial charge in [-0.2, -0.15) is 5.26 Å². The lowest BCUT2D eigenvalue weighted by Crippen LogP contribution is -2.54. The number of anilines is 1. The number of phenols is 1. The fraction of sp³-hybridized carbons (Fsp3) is 0.385. The molecule has 2 aliphatic rings. The summed E-state index contributed by atoms with van der Waals surface area (Å²) in [5, 5.41) is 35.6. The summed E-state index contributed by atoms with van der Waals surface area (Å²) in [6, 6.07) is 14.7. The predicted octanol–water partition coefficient (Wildman–Crippen LogP) is 4.51.